The minimum atomic E-state index is -0.578. The second kappa shape index (κ2) is 9.13. The van der Waals surface area contributed by atoms with Crippen molar-refractivity contribution in [1.82, 2.24) is 25.1 Å². The van der Waals surface area contributed by atoms with E-state index in [4.69, 9.17) is 16.3 Å². The van der Waals surface area contributed by atoms with Crippen LogP contribution < -0.4 is 4.90 Å². The Kier molecular flexibility index (Phi) is 6.22. The van der Waals surface area contributed by atoms with Crippen molar-refractivity contribution in [1.29, 1.82) is 0 Å². The Labute approximate surface area is 219 Å². The van der Waals surface area contributed by atoms with Crippen LogP contribution in [0.3, 0.4) is 0 Å². The molecule has 2 aromatic carbocycles. The minimum absolute atomic E-state index is 0.0932. The number of aryl methyl sites for hydroxylation is 1. The highest BCUT2D eigenvalue weighted by Crippen LogP contribution is 2.41. The number of nitrogens with one attached hydrogen (secondary N) is 1. The molecule has 0 aliphatic carbocycles. The van der Waals surface area contributed by atoms with Crippen LogP contribution in [0.4, 0.5) is 15.0 Å². The molecule has 1 fully saturated rings. The number of benzene rings is 2. The quantitative estimate of drug-likeness (QED) is 0.340. The fourth-order valence-electron chi connectivity index (χ4n) is 5.01. The lowest BCUT2D eigenvalue weighted by molar-refractivity contribution is 0.0130. The van der Waals surface area contributed by atoms with Gasteiger partial charge in [-0.05, 0) is 53.2 Å². The molecule has 1 aliphatic rings. The summed E-state index contributed by atoms with van der Waals surface area (Å²) in [4.78, 5) is 25.4. The number of nitrogens with zero attached hydrogens (tertiary/aromatic N) is 5. The number of carbonyl (C=O) groups is 1. The van der Waals surface area contributed by atoms with Crippen LogP contribution in [-0.4, -0.2) is 61.9 Å². The summed E-state index contributed by atoms with van der Waals surface area (Å²) in [5.41, 5.74) is 2.14. The van der Waals surface area contributed by atoms with E-state index < -0.39 is 11.4 Å². The lowest BCUT2D eigenvalue weighted by Crippen LogP contribution is -2.59. The molecule has 5 rings (SSSR count). The number of aromatic nitrogens is 4. The van der Waals surface area contributed by atoms with Crippen molar-refractivity contribution in [3.8, 4) is 11.1 Å². The average molecular weight is 525 g/mol. The van der Waals surface area contributed by atoms with Crippen molar-refractivity contribution < 1.29 is 13.9 Å². The number of anilines is 1. The Morgan fingerprint density at radius 3 is 2.65 bits per heavy atom. The van der Waals surface area contributed by atoms with E-state index in [1.165, 1.54) is 6.33 Å². The average Bonchev–Trinajstić information content (AvgIpc) is 3.29. The van der Waals surface area contributed by atoms with Gasteiger partial charge in [-0.1, -0.05) is 23.7 Å². The first kappa shape index (κ1) is 25.2. The summed E-state index contributed by atoms with van der Waals surface area (Å²) >= 11 is 6.77. The Hall–Kier alpha value is -3.46. The summed E-state index contributed by atoms with van der Waals surface area (Å²) in [5.74, 6) is 0.0708. The van der Waals surface area contributed by atoms with Gasteiger partial charge in [0.05, 0.1) is 16.7 Å². The second-order valence-corrected chi connectivity index (χ2v) is 11.1. The van der Waals surface area contributed by atoms with Crippen molar-refractivity contribution in [2.75, 3.05) is 18.0 Å². The molecule has 1 aliphatic heterocycles. The minimum Gasteiger partial charge on any atom is -0.444 e. The number of H-pyrrole nitrogens is 1. The largest absolute Gasteiger partial charge is 0.444 e. The standard InChI is InChI=1S/C27H30ClFN6O2/c1-14-7-8-17-10-32-33-23(17)20(14)21-19(28)9-18-24(22(21)29)30-13-31-25(18)34-11-16(3)35(12-15(34)2)26(36)37-27(4,5)6/h7-10,13,15-16H,11-12H2,1-6H3,(H,32,33)/t15-,16-/m0/s1. The van der Waals surface area contributed by atoms with Crippen molar-refractivity contribution in [2.45, 2.75) is 59.2 Å². The molecule has 2 atom stereocenters. The summed E-state index contributed by atoms with van der Waals surface area (Å²) < 4.78 is 21.8. The lowest BCUT2D eigenvalue weighted by Gasteiger charge is -2.44. The third-order valence-electron chi connectivity index (χ3n) is 6.76. The van der Waals surface area contributed by atoms with Crippen LogP contribution in [0.15, 0.2) is 30.7 Å². The van der Waals surface area contributed by atoms with Gasteiger partial charge in [0.1, 0.15) is 23.3 Å². The first-order valence-corrected chi connectivity index (χ1v) is 12.7. The zero-order valence-corrected chi connectivity index (χ0v) is 22.5. The van der Waals surface area contributed by atoms with Gasteiger partial charge in [0.2, 0.25) is 0 Å². The lowest BCUT2D eigenvalue weighted by atomic mass is 9.96. The van der Waals surface area contributed by atoms with E-state index in [1.54, 1.807) is 17.2 Å². The Bertz CT molecular complexity index is 1510. The third-order valence-corrected chi connectivity index (χ3v) is 7.06. The van der Waals surface area contributed by atoms with Crippen LogP contribution >= 0.6 is 11.6 Å². The van der Waals surface area contributed by atoms with Gasteiger partial charge in [-0.15, -0.1) is 0 Å². The zero-order chi connectivity index (χ0) is 26.6. The number of ether oxygens (including phenoxy) is 1. The monoisotopic (exact) mass is 524 g/mol. The van der Waals surface area contributed by atoms with Crippen molar-refractivity contribution >= 4 is 45.3 Å². The van der Waals surface area contributed by atoms with Gasteiger partial charge in [0, 0.05) is 47.1 Å². The molecule has 37 heavy (non-hydrogen) atoms. The summed E-state index contributed by atoms with van der Waals surface area (Å²) in [7, 11) is 0. The molecule has 10 heteroatoms. The summed E-state index contributed by atoms with van der Waals surface area (Å²) in [5, 5.41) is 8.74. The maximum atomic E-state index is 16.2. The van der Waals surface area contributed by atoms with Crippen LogP contribution in [0.5, 0.6) is 0 Å². The van der Waals surface area contributed by atoms with Gasteiger partial charge in [0.15, 0.2) is 5.82 Å². The van der Waals surface area contributed by atoms with Crippen LogP contribution in [0, 0.1) is 12.7 Å². The normalized spacial score (nSPS) is 18.6. The topological polar surface area (TPSA) is 87.2 Å². The molecule has 0 spiro atoms. The number of amides is 1. The fourth-order valence-corrected chi connectivity index (χ4v) is 5.30. The van der Waals surface area contributed by atoms with E-state index >= 15 is 4.39 Å². The molecule has 1 amide bonds. The number of aromatic amines is 1. The Morgan fingerprint density at radius 1 is 1.16 bits per heavy atom. The van der Waals surface area contributed by atoms with Gasteiger partial charge in [-0.3, -0.25) is 5.10 Å². The van der Waals surface area contributed by atoms with Crippen LogP contribution in [0.25, 0.3) is 32.9 Å². The van der Waals surface area contributed by atoms with Crippen LogP contribution in [-0.2, 0) is 4.74 Å². The molecular formula is C27H30ClFN6O2. The fraction of sp³-hybridized carbons (Fsp3) is 0.407. The Balaban J connectivity index is 1.56. The molecule has 1 saturated heterocycles. The smallest absolute Gasteiger partial charge is 0.410 e. The number of hydrogen-bond acceptors (Lipinski definition) is 6. The highest BCUT2D eigenvalue weighted by atomic mass is 35.5. The maximum Gasteiger partial charge on any atom is 0.410 e. The molecule has 4 aromatic rings. The highest BCUT2D eigenvalue weighted by Gasteiger charge is 2.36. The van der Waals surface area contributed by atoms with E-state index in [9.17, 15) is 4.79 Å². The van der Waals surface area contributed by atoms with Gasteiger partial charge < -0.3 is 14.5 Å². The number of fused-ring (bicyclic) bond motifs is 2. The molecule has 194 valence electrons. The molecule has 8 nitrogen and oxygen atoms in total. The first-order valence-electron chi connectivity index (χ1n) is 12.3. The zero-order valence-electron chi connectivity index (χ0n) is 21.8. The first-order chi connectivity index (χ1) is 17.5. The Morgan fingerprint density at radius 2 is 1.92 bits per heavy atom. The number of hydrogen-bond donors (Lipinski definition) is 1. The molecule has 0 unspecified atom stereocenters. The maximum absolute atomic E-state index is 16.2. The molecule has 0 bridgehead atoms. The van der Waals surface area contributed by atoms with Gasteiger partial charge in [-0.25, -0.2) is 19.2 Å². The van der Waals surface area contributed by atoms with E-state index in [0.29, 0.717) is 29.9 Å². The summed E-state index contributed by atoms with van der Waals surface area (Å²) in [6.07, 6.45) is 2.73. The number of rotatable bonds is 2. The van der Waals surface area contributed by atoms with Crippen LogP contribution in [0.1, 0.15) is 40.2 Å². The molecule has 0 saturated carbocycles. The third kappa shape index (κ3) is 4.45. The van der Waals surface area contributed by atoms with Crippen molar-refractivity contribution in [3.63, 3.8) is 0 Å². The van der Waals surface area contributed by atoms with Crippen LogP contribution in [0.2, 0.25) is 5.02 Å². The molecule has 2 aromatic heterocycles. The van der Waals surface area contributed by atoms with Crippen molar-refractivity contribution in [2.24, 2.45) is 0 Å². The predicted molar refractivity (Wildman–Crippen MR) is 144 cm³/mol. The van der Waals surface area contributed by atoms with Crippen molar-refractivity contribution in [3.05, 3.63) is 47.1 Å². The summed E-state index contributed by atoms with van der Waals surface area (Å²) in [6.45, 7) is 12.4. The van der Waals surface area contributed by atoms with Gasteiger partial charge in [-0.2, -0.15) is 5.10 Å². The molecule has 3 heterocycles. The molecule has 0 radical (unpaired) electrons. The summed E-state index contributed by atoms with van der Waals surface area (Å²) in [6, 6.07) is 5.35. The second-order valence-electron chi connectivity index (χ2n) is 10.7. The SMILES string of the molecule is Cc1ccc2cn[nH]c2c1-c1c(Cl)cc2c(N3C[C@H](C)N(C(=O)OC(C)(C)C)C[C@@H]3C)ncnc2c1F. The van der Waals surface area contributed by atoms with E-state index in [-0.39, 0.29) is 34.3 Å². The number of piperazine rings is 1. The highest BCUT2D eigenvalue weighted by molar-refractivity contribution is 6.35. The van der Waals surface area contributed by atoms with E-state index in [0.717, 1.165) is 16.5 Å². The van der Waals surface area contributed by atoms with Gasteiger partial charge in [0.25, 0.3) is 0 Å². The number of carbonyl (C=O) groups excluding carboxylic acids is 1. The number of halogens is 2. The molecular weight excluding hydrogens is 495 g/mol. The van der Waals surface area contributed by atoms with E-state index in [2.05, 4.69) is 25.1 Å². The van der Waals surface area contributed by atoms with E-state index in [1.807, 2.05) is 53.7 Å². The molecule has 1 N–H and O–H groups in total. The predicted octanol–water partition coefficient (Wildman–Crippen LogP) is 6.11. The van der Waals surface area contributed by atoms with Gasteiger partial charge >= 0.3 is 6.09 Å².